The summed E-state index contributed by atoms with van der Waals surface area (Å²) >= 11 is 7.30. The number of fused-ring (bicyclic) bond motifs is 1. The van der Waals surface area contributed by atoms with Gasteiger partial charge in [0.1, 0.15) is 0 Å². The van der Waals surface area contributed by atoms with Crippen LogP contribution in [0.5, 0.6) is 0 Å². The molecule has 1 heterocycles. The average Bonchev–Trinajstić information content (AvgIpc) is 3.06. The largest absolute Gasteiger partial charge is 0.352 e. The van der Waals surface area contributed by atoms with Gasteiger partial charge in [0.25, 0.3) is 5.91 Å². The molecule has 0 saturated carbocycles. The van der Waals surface area contributed by atoms with Crippen molar-refractivity contribution in [3.63, 3.8) is 0 Å². The normalized spacial score (nSPS) is 10.7. The first kappa shape index (κ1) is 18.4. The smallest absolute Gasteiger partial charge is 0.251 e. The van der Waals surface area contributed by atoms with Gasteiger partial charge >= 0.3 is 0 Å². The van der Waals surface area contributed by atoms with Crippen molar-refractivity contribution in [2.45, 2.75) is 13.3 Å². The van der Waals surface area contributed by atoms with E-state index < -0.39 is 0 Å². The van der Waals surface area contributed by atoms with Crippen LogP contribution in [-0.2, 0) is 4.79 Å². The van der Waals surface area contributed by atoms with Crippen LogP contribution in [0.4, 0.5) is 5.13 Å². The van der Waals surface area contributed by atoms with Crippen molar-refractivity contribution in [3.8, 4) is 0 Å². The van der Waals surface area contributed by atoms with Crippen molar-refractivity contribution in [2.75, 3.05) is 18.0 Å². The van der Waals surface area contributed by atoms with Gasteiger partial charge in [-0.25, -0.2) is 4.98 Å². The van der Waals surface area contributed by atoms with E-state index in [1.165, 1.54) is 11.3 Å². The Labute approximate surface area is 160 Å². The fourth-order valence-corrected chi connectivity index (χ4v) is 3.69. The van der Waals surface area contributed by atoms with Crippen molar-refractivity contribution in [1.29, 1.82) is 0 Å². The Balaban J connectivity index is 1.59. The summed E-state index contributed by atoms with van der Waals surface area (Å²) in [6.45, 7) is 2.71. The Bertz CT molecular complexity index is 891. The first-order valence-corrected chi connectivity index (χ1v) is 9.47. The molecule has 0 aliphatic heterocycles. The van der Waals surface area contributed by atoms with Gasteiger partial charge in [-0.2, -0.15) is 0 Å². The highest BCUT2D eigenvalue weighted by molar-refractivity contribution is 7.22. The number of anilines is 1. The fraction of sp³-hybridized carbons (Fsp3) is 0.211. The lowest BCUT2D eigenvalue weighted by Crippen LogP contribution is -2.34. The zero-order chi connectivity index (χ0) is 18.5. The van der Waals surface area contributed by atoms with Gasteiger partial charge in [0.05, 0.1) is 10.2 Å². The summed E-state index contributed by atoms with van der Waals surface area (Å²) in [4.78, 5) is 30.8. The summed E-state index contributed by atoms with van der Waals surface area (Å²) < 4.78 is 1.05. The predicted octanol–water partition coefficient (Wildman–Crippen LogP) is 4.12. The molecule has 0 fully saturated rings. The maximum Gasteiger partial charge on any atom is 0.251 e. The van der Waals surface area contributed by atoms with Gasteiger partial charge in [-0.3, -0.25) is 14.5 Å². The molecule has 0 bridgehead atoms. The van der Waals surface area contributed by atoms with Gasteiger partial charge in [0.15, 0.2) is 5.13 Å². The number of hydrogen-bond acceptors (Lipinski definition) is 4. The van der Waals surface area contributed by atoms with Gasteiger partial charge in [0.2, 0.25) is 5.91 Å². The highest BCUT2D eigenvalue weighted by atomic mass is 35.5. The molecule has 0 aliphatic carbocycles. The maximum absolute atomic E-state index is 12.5. The Hall–Kier alpha value is -2.44. The fourth-order valence-electron chi connectivity index (χ4n) is 2.52. The number of halogens is 1. The van der Waals surface area contributed by atoms with E-state index in [1.807, 2.05) is 31.2 Å². The first-order chi connectivity index (χ1) is 12.6. The highest BCUT2D eigenvalue weighted by Gasteiger charge is 2.18. The minimum atomic E-state index is -0.225. The number of nitrogens with one attached hydrogen (secondary N) is 1. The van der Waals surface area contributed by atoms with Crippen LogP contribution in [0.15, 0.2) is 48.5 Å². The van der Waals surface area contributed by atoms with Crippen LogP contribution < -0.4 is 10.2 Å². The molecule has 0 atom stereocenters. The van der Waals surface area contributed by atoms with Crippen LogP contribution in [0.3, 0.4) is 0 Å². The quantitative estimate of drug-likeness (QED) is 0.691. The molecule has 0 spiro atoms. The number of carbonyl (C=O) groups is 2. The van der Waals surface area contributed by atoms with E-state index >= 15 is 0 Å². The second-order valence-electron chi connectivity index (χ2n) is 5.61. The van der Waals surface area contributed by atoms with E-state index in [0.717, 1.165) is 10.2 Å². The molecule has 134 valence electrons. The van der Waals surface area contributed by atoms with Crippen LogP contribution in [0.1, 0.15) is 23.7 Å². The third-order valence-electron chi connectivity index (χ3n) is 3.86. The van der Waals surface area contributed by atoms with E-state index in [0.29, 0.717) is 22.3 Å². The lowest BCUT2D eigenvalue weighted by atomic mass is 10.2. The number of aromatic nitrogens is 1. The van der Waals surface area contributed by atoms with Gasteiger partial charge in [-0.05, 0) is 43.3 Å². The molecule has 5 nitrogen and oxygen atoms in total. The highest BCUT2D eigenvalue weighted by Crippen LogP contribution is 2.28. The molecule has 0 unspecified atom stereocenters. The van der Waals surface area contributed by atoms with Crippen LogP contribution in [0, 0.1) is 0 Å². The van der Waals surface area contributed by atoms with Crippen LogP contribution in [0.2, 0.25) is 5.02 Å². The number of rotatable bonds is 6. The molecule has 1 aromatic heterocycles. The second kappa shape index (κ2) is 8.29. The maximum atomic E-state index is 12.5. The molecule has 3 aromatic rings. The monoisotopic (exact) mass is 387 g/mol. The minimum absolute atomic E-state index is 0.0667. The van der Waals surface area contributed by atoms with Crippen LogP contribution in [0.25, 0.3) is 10.2 Å². The SMILES string of the molecule is CCN(C(=O)CCNC(=O)c1ccc(Cl)cc1)c1nc2ccccc2s1. The standard InChI is InChI=1S/C19H18ClN3O2S/c1-2-23(19-22-15-5-3-4-6-16(15)26-19)17(24)11-12-21-18(25)13-7-9-14(20)10-8-13/h3-10H,2,11-12H2,1H3,(H,21,25). The van der Waals surface area contributed by atoms with Gasteiger partial charge in [-0.1, -0.05) is 35.1 Å². The zero-order valence-corrected chi connectivity index (χ0v) is 15.8. The molecule has 2 aromatic carbocycles. The number of nitrogens with zero attached hydrogens (tertiary/aromatic N) is 2. The molecular formula is C19H18ClN3O2S. The minimum Gasteiger partial charge on any atom is -0.352 e. The summed E-state index contributed by atoms with van der Waals surface area (Å²) in [5.41, 5.74) is 1.40. The molecule has 0 saturated heterocycles. The molecule has 0 aliphatic rings. The Morgan fingerprint density at radius 2 is 1.88 bits per heavy atom. The van der Waals surface area contributed by atoms with E-state index in [2.05, 4.69) is 10.3 Å². The number of hydrogen-bond donors (Lipinski definition) is 1. The molecule has 3 rings (SSSR count). The third-order valence-corrected chi connectivity index (χ3v) is 5.17. The number of para-hydroxylation sites is 1. The first-order valence-electron chi connectivity index (χ1n) is 8.28. The lowest BCUT2D eigenvalue weighted by molar-refractivity contribution is -0.118. The molecule has 2 amide bonds. The molecule has 1 N–H and O–H groups in total. The van der Waals surface area contributed by atoms with E-state index in [9.17, 15) is 9.59 Å². The average molecular weight is 388 g/mol. The molecule has 7 heteroatoms. The second-order valence-corrected chi connectivity index (χ2v) is 7.06. The van der Waals surface area contributed by atoms with E-state index in [4.69, 9.17) is 11.6 Å². The summed E-state index contributed by atoms with van der Waals surface area (Å²) in [6.07, 6.45) is 0.211. The summed E-state index contributed by atoms with van der Waals surface area (Å²) in [7, 11) is 0. The molecular weight excluding hydrogens is 370 g/mol. The predicted molar refractivity (Wildman–Crippen MR) is 106 cm³/mol. The van der Waals surface area contributed by atoms with E-state index in [-0.39, 0.29) is 24.8 Å². The van der Waals surface area contributed by atoms with Crippen molar-refractivity contribution < 1.29 is 9.59 Å². The summed E-state index contributed by atoms with van der Waals surface area (Å²) in [5, 5.41) is 4.02. The number of amides is 2. The van der Waals surface area contributed by atoms with Gasteiger partial charge in [0, 0.05) is 30.1 Å². The van der Waals surface area contributed by atoms with Gasteiger partial charge in [-0.15, -0.1) is 0 Å². The molecule has 26 heavy (non-hydrogen) atoms. The Kier molecular flexibility index (Phi) is 5.85. The Morgan fingerprint density at radius 3 is 2.58 bits per heavy atom. The lowest BCUT2D eigenvalue weighted by Gasteiger charge is -2.17. The number of carbonyl (C=O) groups excluding carboxylic acids is 2. The summed E-state index contributed by atoms with van der Waals surface area (Å²) in [5.74, 6) is -0.291. The Morgan fingerprint density at radius 1 is 1.15 bits per heavy atom. The van der Waals surface area contributed by atoms with E-state index in [1.54, 1.807) is 29.2 Å². The van der Waals surface area contributed by atoms with Crippen molar-refractivity contribution >= 4 is 50.1 Å². The van der Waals surface area contributed by atoms with Crippen LogP contribution >= 0.6 is 22.9 Å². The van der Waals surface area contributed by atoms with Crippen molar-refractivity contribution in [3.05, 3.63) is 59.1 Å². The third kappa shape index (κ3) is 4.20. The number of benzene rings is 2. The zero-order valence-electron chi connectivity index (χ0n) is 14.2. The number of thiazole rings is 1. The molecule has 0 radical (unpaired) electrons. The van der Waals surface area contributed by atoms with Crippen LogP contribution in [-0.4, -0.2) is 29.9 Å². The van der Waals surface area contributed by atoms with Crippen molar-refractivity contribution in [1.82, 2.24) is 10.3 Å². The summed E-state index contributed by atoms with van der Waals surface area (Å²) in [6, 6.07) is 14.4. The van der Waals surface area contributed by atoms with Crippen molar-refractivity contribution in [2.24, 2.45) is 0 Å². The van der Waals surface area contributed by atoms with Gasteiger partial charge < -0.3 is 5.32 Å². The topological polar surface area (TPSA) is 62.3 Å².